The third-order valence-electron chi connectivity index (χ3n) is 4.57. The number of hydrogen-bond donors (Lipinski definition) is 0. The van der Waals surface area contributed by atoms with E-state index < -0.39 is 0 Å². The average molecular weight is 324 g/mol. The van der Waals surface area contributed by atoms with Crippen molar-refractivity contribution in [1.82, 2.24) is 9.88 Å². The number of Topliss-reactive ketones (excluding diaryl/α,β-unsaturated/α-hetero) is 1. The van der Waals surface area contributed by atoms with E-state index in [9.17, 15) is 4.79 Å². The summed E-state index contributed by atoms with van der Waals surface area (Å²) < 4.78 is 5.87. The van der Waals surface area contributed by atoms with Crippen LogP contribution in [0.5, 0.6) is 5.75 Å². The molecule has 1 aliphatic heterocycles. The van der Waals surface area contributed by atoms with Crippen molar-refractivity contribution >= 4 is 5.78 Å². The summed E-state index contributed by atoms with van der Waals surface area (Å²) in [5.41, 5.74) is 1.98. The zero-order valence-corrected chi connectivity index (χ0v) is 14.1. The zero-order chi connectivity index (χ0) is 16.8. The Hall–Kier alpha value is -2.20. The molecule has 1 fully saturated rings. The summed E-state index contributed by atoms with van der Waals surface area (Å²) in [6.07, 6.45) is 7.46. The molecule has 0 saturated carbocycles. The molecule has 1 saturated heterocycles. The summed E-state index contributed by atoms with van der Waals surface area (Å²) in [5.74, 6) is 0.825. The van der Waals surface area contributed by atoms with E-state index in [-0.39, 0.29) is 5.78 Å². The fourth-order valence-corrected chi connectivity index (χ4v) is 3.29. The number of pyridine rings is 1. The maximum atomic E-state index is 11.4. The summed E-state index contributed by atoms with van der Waals surface area (Å²) >= 11 is 0. The summed E-state index contributed by atoms with van der Waals surface area (Å²) in [7, 11) is 0. The number of aromatic nitrogens is 1. The lowest BCUT2D eigenvalue weighted by atomic mass is 9.96. The van der Waals surface area contributed by atoms with Crippen molar-refractivity contribution in [2.75, 3.05) is 19.7 Å². The fourth-order valence-electron chi connectivity index (χ4n) is 3.29. The van der Waals surface area contributed by atoms with Crippen LogP contribution >= 0.6 is 0 Å². The summed E-state index contributed by atoms with van der Waals surface area (Å²) in [5, 5.41) is 0. The third kappa shape index (κ3) is 4.20. The smallest absolute Gasteiger partial charge is 0.159 e. The standard InChI is InChI=1S/C20H24N2O2/c1-16(23)17-6-4-8-19(14-17)24-13-12-22-11-3-2-9-20(22)18-7-5-10-21-15-18/h4-8,10,14-15,20H,2-3,9,11-13H2,1H3/t20-/m0/s1. The molecule has 24 heavy (non-hydrogen) atoms. The topological polar surface area (TPSA) is 42.4 Å². The molecule has 0 N–H and O–H groups in total. The number of ketones is 1. The third-order valence-corrected chi connectivity index (χ3v) is 4.57. The van der Waals surface area contributed by atoms with Gasteiger partial charge in [0.25, 0.3) is 0 Å². The van der Waals surface area contributed by atoms with Crippen LogP contribution in [-0.2, 0) is 0 Å². The van der Waals surface area contributed by atoms with E-state index in [4.69, 9.17) is 4.74 Å². The van der Waals surface area contributed by atoms with E-state index >= 15 is 0 Å². The number of nitrogens with zero attached hydrogens (tertiary/aromatic N) is 2. The molecule has 0 bridgehead atoms. The van der Waals surface area contributed by atoms with Crippen molar-refractivity contribution in [2.24, 2.45) is 0 Å². The van der Waals surface area contributed by atoms with Crippen molar-refractivity contribution in [1.29, 1.82) is 0 Å². The second-order valence-corrected chi connectivity index (χ2v) is 6.27. The second kappa shape index (κ2) is 8.06. The molecule has 1 aromatic heterocycles. The minimum atomic E-state index is 0.0631. The number of piperidine rings is 1. The minimum absolute atomic E-state index is 0.0631. The first-order chi connectivity index (χ1) is 11.7. The second-order valence-electron chi connectivity index (χ2n) is 6.27. The molecule has 4 heteroatoms. The quantitative estimate of drug-likeness (QED) is 0.756. The van der Waals surface area contributed by atoms with Crippen LogP contribution in [0.4, 0.5) is 0 Å². The predicted molar refractivity (Wildman–Crippen MR) is 94.3 cm³/mol. The number of hydrogen-bond acceptors (Lipinski definition) is 4. The highest BCUT2D eigenvalue weighted by Crippen LogP contribution is 2.30. The van der Waals surface area contributed by atoms with E-state index in [0.29, 0.717) is 18.2 Å². The Bertz CT molecular complexity index is 672. The fraction of sp³-hybridized carbons (Fsp3) is 0.400. The van der Waals surface area contributed by atoms with Gasteiger partial charge < -0.3 is 4.74 Å². The van der Waals surface area contributed by atoms with Gasteiger partial charge in [-0.15, -0.1) is 0 Å². The van der Waals surface area contributed by atoms with Crippen LogP contribution in [0.25, 0.3) is 0 Å². The largest absolute Gasteiger partial charge is 0.492 e. The van der Waals surface area contributed by atoms with Gasteiger partial charge in [0, 0.05) is 30.5 Å². The molecular weight excluding hydrogens is 300 g/mol. The molecule has 0 aliphatic carbocycles. The molecule has 0 amide bonds. The van der Waals surface area contributed by atoms with Gasteiger partial charge in [-0.3, -0.25) is 14.7 Å². The SMILES string of the molecule is CC(=O)c1cccc(OCCN2CCCC[C@H]2c2cccnc2)c1. The van der Waals surface area contributed by atoms with Gasteiger partial charge in [-0.25, -0.2) is 0 Å². The highest BCUT2D eigenvalue weighted by Gasteiger charge is 2.23. The number of rotatable bonds is 6. The highest BCUT2D eigenvalue weighted by atomic mass is 16.5. The number of likely N-dealkylation sites (tertiary alicyclic amines) is 1. The van der Waals surface area contributed by atoms with Gasteiger partial charge >= 0.3 is 0 Å². The van der Waals surface area contributed by atoms with Gasteiger partial charge in [-0.2, -0.15) is 0 Å². The average Bonchev–Trinajstić information content (AvgIpc) is 2.63. The van der Waals surface area contributed by atoms with Gasteiger partial charge in [0.1, 0.15) is 12.4 Å². The Morgan fingerprint density at radius 2 is 2.21 bits per heavy atom. The van der Waals surface area contributed by atoms with Crippen molar-refractivity contribution in [3.63, 3.8) is 0 Å². The molecule has 0 spiro atoms. The van der Waals surface area contributed by atoms with Gasteiger partial charge in [-0.1, -0.05) is 24.6 Å². The number of benzene rings is 1. The lowest BCUT2D eigenvalue weighted by Gasteiger charge is -2.35. The molecular formula is C20H24N2O2. The summed E-state index contributed by atoms with van der Waals surface area (Å²) in [6.45, 7) is 4.17. The minimum Gasteiger partial charge on any atom is -0.492 e. The van der Waals surface area contributed by atoms with Crippen LogP contribution < -0.4 is 4.74 Å². The Morgan fingerprint density at radius 3 is 3.00 bits per heavy atom. The lowest BCUT2D eigenvalue weighted by molar-refractivity contribution is 0.101. The van der Waals surface area contributed by atoms with E-state index in [1.807, 2.05) is 42.7 Å². The molecule has 1 aliphatic rings. The number of carbonyl (C=O) groups is 1. The molecule has 1 atom stereocenters. The van der Waals surface area contributed by atoms with Gasteiger partial charge in [-0.05, 0) is 50.1 Å². The van der Waals surface area contributed by atoms with Crippen LogP contribution in [0.3, 0.4) is 0 Å². The summed E-state index contributed by atoms with van der Waals surface area (Å²) in [4.78, 5) is 18.2. The van der Waals surface area contributed by atoms with Crippen molar-refractivity contribution < 1.29 is 9.53 Å². The van der Waals surface area contributed by atoms with E-state index in [2.05, 4.69) is 16.0 Å². The normalized spacial score (nSPS) is 18.3. The van der Waals surface area contributed by atoms with E-state index in [0.717, 1.165) is 18.8 Å². The van der Waals surface area contributed by atoms with Crippen molar-refractivity contribution in [2.45, 2.75) is 32.2 Å². The lowest BCUT2D eigenvalue weighted by Crippen LogP contribution is -2.36. The van der Waals surface area contributed by atoms with E-state index in [1.165, 1.54) is 24.8 Å². The Kier molecular flexibility index (Phi) is 5.59. The molecule has 4 nitrogen and oxygen atoms in total. The molecule has 2 aromatic rings. The van der Waals surface area contributed by atoms with Crippen LogP contribution in [0.2, 0.25) is 0 Å². The molecule has 0 unspecified atom stereocenters. The monoisotopic (exact) mass is 324 g/mol. The van der Waals surface area contributed by atoms with Gasteiger partial charge in [0.05, 0.1) is 0 Å². The molecule has 0 radical (unpaired) electrons. The van der Waals surface area contributed by atoms with Crippen molar-refractivity contribution in [3.05, 3.63) is 59.9 Å². The number of carbonyl (C=O) groups excluding carboxylic acids is 1. The van der Waals surface area contributed by atoms with Crippen LogP contribution in [0, 0.1) is 0 Å². The molecule has 2 heterocycles. The Labute approximate surface area is 143 Å². The maximum absolute atomic E-state index is 11.4. The first kappa shape index (κ1) is 16.7. The predicted octanol–water partition coefficient (Wildman–Crippen LogP) is 3.89. The maximum Gasteiger partial charge on any atom is 0.159 e. The molecule has 3 rings (SSSR count). The highest BCUT2D eigenvalue weighted by molar-refractivity contribution is 5.94. The van der Waals surface area contributed by atoms with Crippen LogP contribution in [0.1, 0.15) is 48.1 Å². The van der Waals surface area contributed by atoms with Gasteiger partial charge in [0.2, 0.25) is 0 Å². The molecule has 126 valence electrons. The zero-order valence-electron chi connectivity index (χ0n) is 14.1. The van der Waals surface area contributed by atoms with E-state index in [1.54, 1.807) is 6.92 Å². The first-order valence-corrected chi connectivity index (χ1v) is 8.62. The Morgan fingerprint density at radius 1 is 1.29 bits per heavy atom. The van der Waals surface area contributed by atoms with Crippen LogP contribution in [0.15, 0.2) is 48.8 Å². The summed E-state index contributed by atoms with van der Waals surface area (Å²) in [6, 6.07) is 12.0. The van der Waals surface area contributed by atoms with Crippen molar-refractivity contribution in [3.8, 4) is 5.75 Å². The van der Waals surface area contributed by atoms with Crippen LogP contribution in [-0.4, -0.2) is 35.4 Å². The van der Waals surface area contributed by atoms with Gasteiger partial charge in [0.15, 0.2) is 5.78 Å². The molecule has 1 aromatic carbocycles. The Balaban J connectivity index is 1.58. The number of ether oxygens (including phenoxy) is 1. The first-order valence-electron chi connectivity index (χ1n) is 8.62.